The van der Waals surface area contributed by atoms with Crippen LogP contribution in [0.15, 0.2) is 12.4 Å². The molecule has 0 aliphatic rings. The predicted molar refractivity (Wildman–Crippen MR) is 92.4 cm³/mol. The van der Waals surface area contributed by atoms with Crippen molar-refractivity contribution in [2.24, 2.45) is 0 Å². The number of aromatic nitrogens is 2. The fourth-order valence-electron chi connectivity index (χ4n) is 2.18. The van der Waals surface area contributed by atoms with Gasteiger partial charge in [-0.15, -0.1) is 0 Å². The molecule has 0 fully saturated rings. The van der Waals surface area contributed by atoms with Crippen molar-refractivity contribution in [2.75, 3.05) is 13.1 Å². The monoisotopic (exact) mass is 324 g/mol. The van der Waals surface area contributed by atoms with Gasteiger partial charge in [-0.1, -0.05) is 0 Å². The molecule has 0 spiro atoms. The predicted octanol–water partition coefficient (Wildman–Crippen LogP) is 3.20. The van der Waals surface area contributed by atoms with E-state index in [2.05, 4.69) is 24.3 Å². The van der Waals surface area contributed by atoms with Gasteiger partial charge in [-0.25, -0.2) is 4.79 Å². The lowest BCUT2D eigenvalue weighted by molar-refractivity contribution is 0.0192. The molecular formula is C17H32N4O2. The van der Waals surface area contributed by atoms with Crippen LogP contribution in [0.3, 0.4) is 0 Å². The number of ether oxygens (including phenoxy) is 1. The van der Waals surface area contributed by atoms with Gasteiger partial charge in [0.05, 0.1) is 6.20 Å². The van der Waals surface area contributed by atoms with E-state index >= 15 is 0 Å². The summed E-state index contributed by atoms with van der Waals surface area (Å²) in [6.45, 7) is 16.0. The fraction of sp³-hybridized carbons (Fsp3) is 0.765. The largest absolute Gasteiger partial charge is 0.444 e. The molecule has 1 heterocycles. The van der Waals surface area contributed by atoms with Crippen molar-refractivity contribution in [3.05, 3.63) is 18.0 Å². The first kappa shape index (κ1) is 19.5. The highest BCUT2D eigenvalue weighted by Crippen LogP contribution is 2.13. The molecule has 23 heavy (non-hydrogen) atoms. The summed E-state index contributed by atoms with van der Waals surface area (Å²) >= 11 is 0. The van der Waals surface area contributed by atoms with Crippen LogP contribution in [-0.2, 0) is 11.3 Å². The zero-order valence-corrected chi connectivity index (χ0v) is 15.6. The lowest BCUT2D eigenvalue weighted by atomic mass is 10.2. The number of rotatable bonds is 7. The SMILES string of the molecule is CCn1cc(C(C)NCCN(C(=O)OC(C)(C)C)C(C)C)cn1. The molecule has 1 aromatic heterocycles. The Morgan fingerprint density at radius 2 is 2.04 bits per heavy atom. The molecule has 1 N–H and O–H groups in total. The minimum Gasteiger partial charge on any atom is -0.444 e. The molecule has 1 unspecified atom stereocenters. The normalized spacial score (nSPS) is 13.2. The Morgan fingerprint density at radius 1 is 1.39 bits per heavy atom. The first-order chi connectivity index (χ1) is 10.6. The molecule has 0 radical (unpaired) electrons. The average Bonchev–Trinajstić information content (AvgIpc) is 2.89. The first-order valence-corrected chi connectivity index (χ1v) is 8.39. The van der Waals surface area contributed by atoms with Gasteiger partial charge in [-0.05, 0) is 48.5 Å². The Balaban J connectivity index is 2.50. The van der Waals surface area contributed by atoms with Gasteiger partial charge in [0.15, 0.2) is 0 Å². The van der Waals surface area contributed by atoms with Crippen molar-refractivity contribution < 1.29 is 9.53 Å². The Labute approximate surface area is 140 Å². The van der Waals surface area contributed by atoms with Crippen molar-refractivity contribution >= 4 is 6.09 Å². The number of amides is 1. The maximum absolute atomic E-state index is 12.3. The lowest BCUT2D eigenvalue weighted by Gasteiger charge is -2.30. The number of hydrogen-bond donors (Lipinski definition) is 1. The van der Waals surface area contributed by atoms with Crippen LogP contribution >= 0.6 is 0 Å². The number of carbonyl (C=O) groups excluding carboxylic acids is 1. The Morgan fingerprint density at radius 3 is 2.52 bits per heavy atom. The summed E-state index contributed by atoms with van der Waals surface area (Å²) in [5.74, 6) is 0. The molecule has 0 bridgehead atoms. The number of nitrogens with one attached hydrogen (secondary N) is 1. The number of nitrogens with zero attached hydrogens (tertiary/aromatic N) is 3. The molecule has 0 saturated heterocycles. The second-order valence-electron chi connectivity index (χ2n) is 7.07. The van der Waals surface area contributed by atoms with Crippen LogP contribution < -0.4 is 5.32 Å². The highest BCUT2D eigenvalue weighted by atomic mass is 16.6. The molecule has 1 aromatic rings. The minimum atomic E-state index is -0.473. The van der Waals surface area contributed by atoms with E-state index in [9.17, 15) is 4.79 Å². The summed E-state index contributed by atoms with van der Waals surface area (Å²) in [6, 6.07) is 0.299. The van der Waals surface area contributed by atoms with E-state index in [1.807, 2.05) is 51.7 Å². The number of carbonyl (C=O) groups is 1. The van der Waals surface area contributed by atoms with E-state index in [-0.39, 0.29) is 18.2 Å². The van der Waals surface area contributed by atoms with Gasteiger partial charge < -0.3 is 15.0 Å². The summed E-state index contributed by atoms with van der Waals surface area (Å²) in [5.41, 5.74) is 0.680. The topological polar surface area (TPSA) is 59.4 Å². The number of aryl methyl sites for hydroxylation is 1. The molecule has 1 rings (SSSR count). The van der Waals surface area contributed by atoms with Crippen LogP contribution in [0, 0.1) is 0 Å². The van der Waals surface area contributed by atoms with E-state index in [1.54, 1.807) is 4.90 Å². The molecule has 0 saturated carbocycles. The van der Waals surface area contributed by atoms with E-state index in [4.69, 9.17) is 4.74 Å². The molecule has 6 nitrogen and oxygen atoms in total. The Hall–Kier alpha value is -1.56. The third-order valence-corrected chi connectivity index (χ3v) is 3.53. The molecule has 6 heteroatoms. The van der Waals surface area contributed by atoms with Crippen molar-refractivity contribution in [3.8, 4) is 0 Å². The Bertz CT molecular complexity index is 491. The molecular weight excluding hydrogens is 292 g/mol. The van der Waals surface area contributed by atoms with Gasteiger partial charge in [-0.2, -0.15) is 5.10 Å². The second-order valence-corrected chi connectivity index (χ2v) is 7.07. The lowest BCUT2D eigenvalue weighted by Crippen LogP contribution is -2.44. The first-order valence-electron chi connectivity index (χ1n) is 8.39. The molecule has 1 amide bonds. The van der Waals surface area contributed by atoms with Gasteiger partial charge in [0.25, 0.3) is 0 Å². The van der Waals surface area contributed by atoms with Gasteiger partial charge in [0.1, 0.15) is 5.60 Å². The third-order valence-electron chi connectivity index (χ3n) is 3.53. The standard InChI is InChI=1S/C17H32N4O2/c1-8-20-12-15(11-19-20)14(4)18-9-10-21(13(2)3)16(22)23-17(5,6)7/h11-14,18H,8-10H2,1-7H3. The molecule has 1 atom stereocenters. The zero-order chi connectivity index (χ0) is 17.6. The van der Waals surface area contributed by atoms with Gasteiger partial charge in [0, 0.05) is 43.5 Å². The number of hydrogen-bond acceptors (Lipinski definition) is 4. The second kappa shape index (κ2) is 8.34. The highest BCUT2D eigenvalue weighted by Gasteiger charge is 2.23. The van der Waals surface area contributed by atoms with Gasteiger partial charge in [-0.3, -0.25) is 4.68 Å². The van der Waals surface area contributed by atoms with Crippen LogP contribution in [0.1, 0.15) is 60.1 Å². The molecule has 132 valence electrons. The average molecular weight is 324 g/mol. The third kappa shape index (κ3) is 6.60. The van der Waals surface area contributed by atoms with Crippen LogP contribution in [0.25, 0.3) is 0 Å². The summed E-state index contributed by atoms with van der Waals surface area (Å²) in [5, 5.41) is 7.72. The zero-order valence-electron chi connectivity index (χ0n) is 15.6. The van der Waals surface area contributed by atoms with E-state index < -0.39 is 5.60 Å². The van der Waals surface area contributed by atoms with Crippen molar-refractivity contribution in [1.82, 2.24) is 20.0 Å². The van der Waals surface area contributed by atoms with E-state index in [0.29, 0.717) is 13.1 Å². The van der Waals surface area contributed by atoms with Crippen LogP contribution in [0.4, 0.5) is 4.79 Å². The van der Waals surface area contributed by atoms with Crippen molar-refractivity contribution in [2.45, 2.75) is 72.7 Å². The highest BCUT2D eigenvalue weighted by molar-refractivity contribution is 5.68. The van der Waals surface area contributed by atoms with E-state index in [1.165, 1.54) is 0 Å². The summed E-state index contributed by atoms with van der Waals surface area (Å²) in [6.07, 6.45) is 3.67. The fourth-order valence-corrected chi connectivity index (χ4v) is 2.18. The van der Waals surface area contributed by atoms with Gasteiger partial charge >= 0.3 is 6.09 Å². The minimum absolute atomic E-state index is 0.102. The van der Waals surface area contributed by atoms with Crippen molar-refractivity contribution in [3.63, 3.8) is 0 Å². The molecule has 0 aliphatic heterocycles. The molecule has 0 aliphatic carbocycles. The smallest absolute Gasteiger partial charge is 0.410 e. The maximum Gasteiger partial charge on any atom is 0.410 e. The summed E-state index contributed by atoms with van der Waals surface area (Å²) in [4.78, 5) is 14.0. The summed E-state index contributed by atoms with van der Waals surface area (Å²) in [7, 11) is 0. The van der Waals surface area contributed by atoms with E-state index in [0.717, 1.165) is 12.1 Å². The quantitative estimate of drug-likeness (QED) is 0.837. The molecule has 0 aromatic carbocycles. The van der Waals surface area contributed by atoms with Crippen LogP contribution in [0.2, 0.25) is 0 Å². The Kier molecular flexibility index (Phi) is 7.06. The van der Waals surface area contributed by atoms with Gasteiger partial charge in [0.2, 0.25) is 0 Å². The van der Waals surface area contributed by atoms with Crippen LogP contribution in [0.5, 0.6) is 0 Å². The maximum atomic E-state index is 12.3. The summed E-state index contributed by atoms with van der Waals surface area (Å²) < 4.78 is 7.38. The van der Waals surface area contributed by atoms with Crippen LogP contribution in [-0.4, -0.2) is 45.5 Å². The van der Waals surface area contributed by atoms with Crippen molar-refractivity contribution in [1.29, 1.82) is 0 Å².